The number of hydrogen-bond donors (Lipinski definition) is 0. The molecule has 3 aromatic carbocycles. The van der Waals surface area contributed by atoms with Crippen molar-refractivity contribution < 1.29 is 26.9 Å². The van der Waals surface area contributed by atoms with Crippen LogP contribution < -0.4 is 9.64 Å². The summed E-state index contributed by atoms with van der Waals surface area (Å²) in [7, 11) is -3.65. The van der Waals surface area contributed by atoms with E-state index in [0.29, 0.717) is 18.0 Å². The largest absolute Gasteiger partial charge is 0.488 e. The van der Waals surface area contributed by atoms with E-state index >= 15 is 0 Å². The maximum absolute atomic E-state index is 13.2. The Hall–Kier alpha value is -3.10. The number of hydrogen-bond acceptors (Lipinski definition) is 6. The lowest BCUT2D eigenvalue weighted by atomic mass is 9.92. The lowest BCUT2D eigenvalue weighted by molar-refractivity contribution is 0.0581. The van der Waals surface area contributed by atoms with Crippen LogP contribution in [0.15, 0.2) is 54.6 Å². The van der Waals surface area contributed by atoms with Crippen molar-refractivity contribution in [2.24, 2.45) is 0 Å². The molecule has 3 aromatic rings. The van der Waals surface area contributed by atoms with E-state index in [-0.39, 0.29) is 19.1 Å². The van der Waals surface area contributed by atoms with Gasteiger partial charge in [-0.05, 0) is 49.8 Å². The topological polar surface area (TPSA) is 82.1 Å². The van der Waals surface area contributed by atoms with Crippen LogP contribution in [0.1, 0.15) is 43.4 Å². The van der Waals surface area contributed by atoms with Gasteiger partial charge in [0, 0.05) is 23.9 Å². The van der Waals surface area contributed by atoms with Crippen LogP contribution in [0.3, 0.4) is 0 Å². The van der Waals surface area contributed by atoms with Gasteiger partial charge in [-0.2, -0.15) is 8.42 Å². The minimum Gasteiger partial charge on any atom is -0.488 e. The molecule has 0 unspecified atom stereocenters. The second-order valence-corrected chi connectivity index (χ2v) is 11.5. The highest BCUT2D eigenvalue weighted by Crippen LogP contribution is 2.47. The summed E-state index contributed by atoms with van der Waals surface area (Å²) in [4.78, 5) is 14.7. The number of nitrogens with zero attached hydrogens (tertiary/aromatic N) is 1. The van der Waals surface area contributed by atoms with Gasteiger partial charge in [0.1, 0.15) is 18.0 Å². The van der Waals surface area contributed by atoms with E-state index in [1.807, 2.05) is 82.3 Å². The Kier molecular flexibility index (Phi) is 6.79. The number of fused-ring (bicyclic) bond motifs is 3. The van der Waals surface area contributed by atoms with Gasteiger partial charge in [-0.1, -0.05) is 48.5 Å². The molecule has 1 amide bonds. The van der Waals surface area contributed by atoms with Gasteiger partial charge in [0.15, 0.2) is 0 Å². The quantitative estimate of drug-likeness (QED) is 0.416. The van der Waals surface area contributed by atoms with E-state index in [9.17, 15) is 13.2 Å². The smallest absolute Gasteiger partial charge is 0.414 e. The third-order valence-electron chi connectivity index (χ3n) is 5.79. The lowest BCUT2D eigenvalue weighted by Crippen LogP contribution is -2.36. The molecular formula is C27H31NO6S. The van der Waals surface area contributed by atoms with Gasteiger partial charge in [-0.3, -0.25) is 9.08 Å². The fourth-order valence-corrected chi connectivity index (χ4v) is 4.78. The van der Waals surface area contributed by atoms with Gasteiger partial charge in [0.05, 0.1) is 18.6 Å². The Morgan fingerprint density at radius 3 is 2.46 bits per heavy atom. The van der Waals surface area contributed by atoms with E-state index in [1.165, 1.54) is 0 Å². The third kappa shape index (κ3) is 5.77. The number of amides is 1. The predicted molar refractivity (Wildman–Crippen MR) is 137 cm³/mol. The molecule has 0 saturated carbocycles. The number of carbonyl (C=O) groups is 1. The fraction of sp³-hybridized carbons (Fsp3) is 0.370. The summed E-state index contributed by atoms with van der Waals surface area (Å²) in [5, 5.41) is 1.83. The number of anilines is 1. The molecule has 0 spiro atoms. The maximum Gasteiger partial charge on any atom is 0.414 e. The molecule has 0 aliphatic carbocycles. The third-order valence-corrected chi connectivity index (χ3v) is 6.35. The normalized spacial score (nSPS) is 15.8. The molecule has 0 bridgehead atoms. The summed E-state index contributed by atoms with van der Waals surface area (Å²) in [5.74, 6) is 0.295. The molecule has 0 saturated heterocycles. The molecule has 7 nitrogen and oxygen atoms in total. The molecule has 4 rings (SSSR count). The Balaban J connectivity index is 1.83. The van der Waals surface area contributed by atoms with Gasteiger partial charge in [-0.25, -0.2) is 4.79 Å². The van der Waals surface area contributed by atoms with Crippen LogP contribution >= 0.6 is 0 Å². The molecule has 0 N–H and O–H groups in total. The molecule has 186 valence electrons. The highest BCUT2D eigenvalue weighted by Gasteiger charge is 2.38. The van der Waals surface area contributed by atoms with Gasteiger partial charge >= 0.3 is 6.09 Å². The Labute approximate surface area is 206 Å². The van der Waals surface area contributed by atoms with Crippen LogP contribution in [0.2, 0.25) is 0 Å². The molecular weight excluding hydrogens is 466 g/mol. The minimum absolute atomic E-state index is 0.0707. The SMILES string of the molecule is Cc1cccc2c(OCc3ccccc3)cc3c(c12)[C@H](COS(C)(=O)=O)CN3C(=O)OC(C)(C)C. The summed E-state index contributed by atoms with van der Waals surface area (Å²) in [6, 6.07) is 17.6. The molecule has 0 fully saturated rings. The first kappa shape index (κ1) is 25.0. The molecule has 35 heavy (non-hydrogen) atoms. The van der Waals surface area contributed by atoms with Crippen LogP contribution in [0, 0.1) is 6.92 Å². The first-order valence-electron chi connectivity index (χ1n) is 11.5. The van der Waals surface area contributed by atoms with E-state index < -0.39 is 21.8 Å². The minimum atomic E-state index is -3.65. The van der Waals surface area contributed by atoms with Gasteiger partial charge in [-0.15, -0.1) is 0 Å². The van der Waals surface area contributed by atoms with Crippen molar-refractivity contribution in [3.63, 3.8) is 0 Å². The maximum atomic E-state index is 13.2. The van der Waals surface area contributed by atoms with Crippen LogP contribution in [0.5, 0.6) is 5.75 Å². The van der Waals surface area contributed by atoms with Crippen molar-refractivity contribution in [2.45, 2.75) is 45.8 Å². The highest BCUT2D eigenvalue weighted by molar-refractivity contribution is 7.85. The molecule has 1 aliphatic heterocycles. The van der Waals surface area contributed by atoms with Crippen LogP contribution in [-0.2, 0) is 25.6 Å². The monoisotopic (exact) mass is 497 g/mol. The first-order valence-corrected chi connectivity index (χ1v) is 13.3. The molecule has 0 aromatic heterocycles. The number of benzene rings is 3. The Morgan fingerprint density at radius 2 is 1.80 bits per heavy atom. The molecule has 0 radical (unpaired) electrons. The summed E-state index contributed by atoms with van der Waals surface area (Å²) in [5.41, 5.74) is 2.85. The van der Waals surface area contributed by atoms with Crippen molar-refractivity contribution in [1.29, 1.82) is 0 Å². The van der Waals surface area contributed by atoms with Gasteiger partial charge < -0.3 is 9.47 Å². The highest BCUT2D eigenvalue weighted by atomic mass is 32.2. The first-order chi connectivity index (χ1) is 16.4. The molecule has 1 heterocycles. The lowest BCUT2D eigenvalue weighted by Gasteiger charge is -2.25. The average molecular weight is 498 g/mol. The van der Waals surface area contributed by atoms with Crippen molar-refractivity contribution in [3.8, 4) is 5.75 Å². The van der Waals surface area contributed by atoms with Crippen LogP contribution in [-0.4, -0.2) is 39.5 Å². The number of ether oxygens (including phenoxy) is 2. The summed E-state index contributed by atoms with van der Waals surface area (Å²) in [6.07, 6.45) is 0.529. The number of carbonyl (C=O) groups excluding carboxylic acids is 1. The zero-order valence-corrected chi connectivity index (χ0v) is 21.5. The summed E-state index contributed by atoms with van der Waals surface area (Å²) in [6.45, 7) is 7.97. The van der Waals surface area contributed by atoms with Crippen molar-refractivity contribution in [3.05, 3.63) is 71.3 Å². The molecule has 8 heteroatoms. The van der Waals surface area contributed by atoms with Crippen LogP contribution in [0.25, 0.3) is 10.8 Å². The Bertz CT molecular complexity index is 1350. The second kappa shape index (κ2) is 9.51. The standard InChI is InChI=1S/C27H31NO6S/c1-18-10-9-13-21-23(32-16-19-11-7-6-8-12-19)14-22-25(24(18)21)20(17-33-35(5,30)31)15-28(22)26(29)34-27(2,3)4/h6-14,20H,15-17H2,1-5H3/t20-/m0/s1. The zero-order valence-electron chi connectivity index (χ0n) is 20.7. The summed E-state index contributed by atoms with van der Waals surface area (Å²) >= 11 is 0. The Morgan fingerprint density at radius 1 is 1.09 bits per heavy atom. The van der Waals surface area contributed by atoms with Crippen molar-refractivity contribution in [1.82, 2.24) is 0 Å². The predicted octanol–water partition coefficient (Wildman–Crippen LogP) is 5.54. The fourth-order valence-electron chi connectivity index (χ4n) is 4.37. The average Bonchev–Trinajstić information content (AvgIpc) is 3.14. The van der Waals surface area contributed by atoms with E-state index in [2.05, 4.69) is 0 Å². The van der Waals surface area contributed by atoms with Crippen molar-refractivity contribution in [2.75, 3.05) is 24.3 Å². The van der Waals surface area contributed by atoms with Gasteiger partial charge in [0.25, 0.3) is 10.1 Å². The second-order valence-electron chi connectivity index (χ2n) is 9.86. The van der Waals surface area contributed by atoms with Gasteiger partial charge in [0.2, 0.25) is 0 Å². The summed E-state index contributed by atoms with van der Waals surface area (Å²) < 4.78 is 40.6. The number of aryl methyl sites for hydroxylation is 1. The van der Waals surface area contributed by atoms with E-state index in [1.54, 1.807) is 4.90 Å². The molecule has 1 atom stereocenters. The van der Waals surface area contributed by atoms with Crippen molar-refractivity contribution >= 4 is 32.7 Å². The number of rotatable bonds is 6. The van der Waals surface area contributed by atoms with Crippen LogP contribution in [0.4, 0.5) is 10.5 Å². The zero-order chi connectivity index (χ0) is 25.4. The molecule has 1 aliphatic rings. The van der Waals surface area contributed by atoms with E-state index in [4.69, 9.17) is 13.7 Å². The van der Waals surface area contributed by atoms with E-state index in [0.717, 1.165) is 33.7 Å².